The van der Waals surface area contributed by atoms with Gasteiger partial charge in [-0.15, -0.1) is 5.10 Å². The smallest absolute Gasteiger partial charge is 0.320 e. The van der Waals surface area contributed by atoms with Crippen molar-refractivity contribution in [2.75, 3.05) is 12.4 Å². The van der Waals surface area contributed by atoms with Crippen molar-refractivity contribution in [3.05, 3.63) is 17.8 Å². The molecule has 0 saturated heterocycles. The molecule has 2 N–H and O–H groups in total. The van der Waals surface area contributed by atoms with E-state index in [1.165, 1.54) is 0 Å². The summed E-state index contributed by atoms with van der Waals surface area (Å²) in [6.07, 6.45) is 3.04. The monoisotopic (exact) mass is 292 g/mol. The number of amides is 2. The van der Waals surface area contributed by atoms with Crippen molar-refractivity contribution < 1.29 is 9.53 Å². The van der Waals surface area contributed by atoms with Crippen LogP contribution >= 0.6 is 0 Å². The molecule has 2 rings (SSSR count). The third kappa shape index (κ3) is 4.39. The number of hydrogen-bond acceptors (Lipinski definition) is 4. The quantitative estimate of drug-likeness (QED) is 0.897. The van der Waals surface area contributed by atoms with Crippen LogP contribution in [0.3, 0.4) is 0 Å². The van der Waals surface area contributed by atoms with Crippen LogP contribution in [0.1, 0.15) is 45.7 Å². The van der Waals surface area contributed by atoms with Crippen molar-refractivity contribution in [2.24, 2.45) is 0 Å². The highest BCUT2D eigenvalue weighted by Gasteiger charge is 2.25. The van der Waals surface area contributed by atoms with Gasteiger partial charge in [0.25, 0.3) is 0 Å². The topological polar surface area (TPSA) is 76.1 Å². The summed E-state index contributed by atoms with van der Waals surface area (Å²) in [5.41, 5.74) is 0.847. The van der Waals surface area contributed by atoms with E-state index in [0.717, 1.165) is 25.0 Å². The Kier molecular flexibility index (Phi) is 4.77. The average Bonchev–Trinajstić information content (AvgIpc) is 2.85. The van der Waals surface area contributed by atoms with E-state index in [2.05, 4.69) is 41.6 Å². The number of ether oxygens (including phenoxy) is 1. The van der Waals surface area contributed by atoms with E-state index >= 15 is 0 Å². The number of anilines is 1. The largest absolute Gasteiger partial charge is 0.381 e. The van der Waals surface area contributed by atoms with Gasteiger partial charge in [0.1, 0.15) is 0 Å². The lowest BCUT2D eigenvalue weighted by Crippen LogP contribution is -2.37. The Balaban J connectivity index is 1.85. The highest BCUT2D eigenvalue weighted by Crippen LogP contribution is 2.22. The molecular weight excluding hydrogens is 268 g/mol. The van der Waals surface area contributed by atoms with Gasteiger partial charge in [0.15, 0.2) is 5.82 Å². The zero-order valence-electron chi connectivity index (χ0n) is 13.1. The van der Waals surface area contributed by atoms with E-state index in [1.54, 1.807) is 13.2 Å². The second-order valence-corrected chi connectivity index (χ2v) is 6.52. The van der Waals surface area contributed by atoms with Crippen LogP contribution in [0, 0.1) is 0 Å². The maximum absolute atomic E-state index is 11.9. The first-order valence-corrected chi connectivity index (χ1v) is 7.33. The van der Waals surface area contributed by atoms with Crippen LogP contribution in [0.5, 0.6) is 0 Å². The lowest BCUT2D eigenvalue weighted by atomic mass is 9.92. The number of urea groups is 1. The van der Waals surface area contributed by atoms with Gasteiger partial charge < -0.3 is 10.1 Å². The number of aromatic nitrogens is 2. The van der Waals surface area contributed by atoms with E-state index in [0.29, 0.717) is 5.82 Å². The second kappa shape index (κ2) is 6.39. The lowest BCUT2D eigenvalue weighted by Gasteiger charge is -2.17. The summed E-state index contributed by atoms with van der Waals surface area (Å²) in [7, 11) is 1.71. The Morgan fingerprint density at radius 3 is 2.57 bits per heavy atom. The Morgan fingerprint density at radius 2 is 2.05 bits per heavy atom. The maximum atomic E-state index is 11.9. The van der Waals surface area contributed by atoms with Gasteiger partial charge in [-0.2, -0.15) is 5.10 Å². The molecule has 6 nitrogen and oxygen atoms in total. The van der Waals surface area contributed by atoms with Crippen molar-refractivity contribution >= 4 is 11.8 Å². The molecule has 0 bridgehead atoms. The van der Waals surface area contributed by atoms with Crippen LogP contribution in [0.2, 0.25) is 0 Å². The molecule has 116 valence electrons. The van der Waals surface area contributed by atoms with Crippen molar-refractivity contribution in [2.45, 2.75) is 57.6 Å². The van der Waals surface area contributed by atoms with E-state index in [4.69, 9.17) is 4.74 Å². The molecule has 0 aliphatic heterocycles. The number of carbonyl (C=O) groups excluding carboxylic acids is 1. The highest BCUT2D eigenvalue weighted by molar-refractivity contribution is 5.88. The highest BCUT2D eigenvalue weighted by atomic mass is 16.5. The molecule has 0 aromatic carbocycles. The minimum absolute atomic E-state index is 0.0488. The van der Waals surface area contributed by atoms with Crippen molar-refractivity contribution in [3.63, 3.8) is 0 Å². The predicted octanol–water partition coefficient (Wildman–Crippen LogP) is 2.46. The van der Waals surface area contributed by atoms with Crippen LogP contribution < -0.4 is 10.6 Å². The minimum atomic E-state index is -0.241. The van der Waals surface area contributed by atoms with Crippen molar-refractivity contribution in [3.8, 4) is 0 Å². The van der Waals surface area contributed by atoms with Crippen LogP contribution in [-0.2, 0) is 10.2 Å². The molecule has 1 aromatic rings. The van der Waals surface area contributed by atoms with Gasteiger partial charge in [0.2, 0.25) is 0 Å². The summed E-state index contributed by atoms with van der Waals surface area (Å²) < 4.78 is 5.29. The number of nitrogens with one attached hydrogen (secondary N) is 2. The SMILES string of the molecule is CO[C@H]1CC[C@H](NC(=O)Nc2ccc(C(C)(C)C)nn2)C1. The molecule has 0 spiro atoms. The van der Waals surface area contributed by atoms with Crippen molar-refractivity contribution in [1.82, 2.24) is 15.5 Å². The summed E-state index contributed by atoms with van der Waals surface area (Å²) in [4.78, 5) is 11.9. The Hall–Kier alpha value is -1.69. The van der Waals surface area contributed by atoms with Gasteiger partial charge in [-0.25, -0.2) is 4.79 Å². The lowest BCUT2D eigenvalue weighted by molar-refractivity contribution is 0.107. The summed E-state index contributed by atoms with van der Waals surface area (Å²) in [5, 5.41) is 13.8. The van der Waals surface area contributed by atoms with Gasteiger partial charge in [-0.05, 0) is 31.4 Å². The Morgan fingerprint density at radius 1 is 1.29 bits per heavy atom. The predicted molar refractivity (Wildman–Crippen MR) is 81.3 cm³/mol. The fraction of sp³-hybridized carbons (Fsp3) is 0.667. The number of carbonyl (C=O) groups is 1. The third-order valence-electron chi connectivity index (χ3n) is 3.73. The maximum Gasteiger partial charge on any atom is 0.320 e. The second-order valence-electron chi connectivity index (χ2n) is 6.52. The summed E-state index contributed by atoms with van der Waals surface area (Å²) in [5.74, 6) is 0.460. The normalized spacial score (nSPS) is 22.1. The van der Waals surface area contributed by atoms with Crippen LogP contribution in [-0.4, -0.2) is 35.5 Å². The first-order valence-electron chi connectivity index (χ1n) is 7.33. The van der Waals surface area contributed by atoms with Gasteiger partial charge in [-0.1, -0.05) is 20.8 Å². The van der Waals surface area contributed by atoms with Gasteiger partial charge in [-0.3, -0.25) is 5.32 Å². The summed E-state index contributed by atoms with van der Waals surface area (Å²) in [6, 6.07) is 3.59. The van der Waals surface area contributed by atoms with E-state index < -0.39 is 0 Å². The number of methoxy groups -OCH3 is 1. The van der Waals surface area contributed by atoms with Crippen LogP contribution in [0.15, 0.2) is 12.1 Å². The molecule has 6 heteroatoms. The number of rotatable bonds is 3. The van der Waals surface area contributed by atoms with Gasteiger partial charge >= 0.3 is 6.03 Å². The van der Waals surface area contributed by atoms with E-state index in [1.807, 2.05) is 6.07 Å². The zero-order valence-corrected chi connectivity index (χ0v) is 13.1. The van der Waals surface area contributed by atoms with Crippen molar-refractivity contribution in [1.29, 1.82) is 0 Å². The molecule has 2 atom stereocenters. The fourth-order valence-corrected chi connectivity index (χ4v) is 2.42. The molecule has 1 aromatic heterocycles. The van der Waals surface area contributed by atoms with E-state index in [9.17, 15) is 4.79 Å². The molecule has 1 heterocycles. The number of hydrogen-bond donors (Lipinski definition) is 2. The minimum Gasteiger partial charge on any atom is -0.381 e. The van der Waals surface area contributed by atoms with Crippen LogP contribution in [0.25, 0.3) is 0 Å². The zero-order chi connectivity index (χ0) is 15.5. The molecule has 1 saturated carbocycles. The third-order valence-corrected chi connectivity index (χ3v) is 3.73. The standard InChI is InChI=1S/C15H24N4O2/c1-15(2,3)12-7-8-13(19-18-12)17-14(20)16-10-5-6-11(9-10)21-4/h7-8,10-11H,5-6,9H2,1-4H3,(H2,16,17,19,20)/t10-,11-/m0/s1. The molecule has 0 unspecified atom stereocenters. The fourth-order valence-electron chi connectivity index (χ4n) is 2.42. The molecule has 1 fully saturated rings. The molecule has 1 aliphatic rings. The first kappa shape index (κ1) is 15.7. The molecule has 1 aliphatic carbocycles. The summed E-state index contributed by atoms with van der Waals surface area (Å²) >= 11 is 0. The van der Waals surface area contributed by atoms with E-state index in [-0.39, 0.29) is 23.6 Å². The number of nitrogens with zero attached hydrogens (tertiary/aromatic N) is 2. The molecule has 2 amide bonds. The average molecular weight is 292 g/mol. The molecular formula is C15H24N4O2. The summed E-state index contributed by atoms with van der Waals surface area (Å²) in [6.45, 7) is 6.22. The Bertz CT molecular complexity index is 481. The van der Waals surface area contributed by atoms with Gasteiger partial charge in [0.05, 0.1) is 11.8 Å². The first-order chi connectivity index (χ1) is 9.88. The molecule has 0 radical (unpaired) electrons. The molecule has 21 heavy (non-hydrogen) atoms. The Labute approximate surface area is 125 Å². The van der Waals surface area contributed by atoms with Crippen LogP contribution in [0.4, 0.5) is 10.6 Å². The van der Waals surface area contributed by atoms with Gasteiger partial charge in [0, 0.05) is 18.6 Å².